The molecule has 0 aliphatic heterocycles. The number of aromatic nitrogens is 2. The Morgan fingerprint density at radius 1 is 1.19 bits per heavy atom. The number of rotatable bonds is 9. The summed E-state index contributed by atoms with van der Waals surface area (Å²) in [5.41, 5.74) is 3.13. The van der Waals surface area contributed by atoms with Gasteiger partial charge in [0.1, 0.15) is 0 Å². The van der Waals surface area contributed by atoms with Crippen molar-refractivity contribution in [3.63, 3.8) is 0 Å². The van der Waals surface area contributed by atoms with Crippen LogP contribution in [-0.2, 0) is 19.4 Å². The van der Waals surface area contributed by atoms with Gasteiger partial charge in [-0.15, -0.1) is 0 Å². The summed E-state index contributed by atoms with van der Waals surface area (Å²) in [7, 11) is 5.85. The van der Waals surface area contributed by atoms with E-state index in [1.165, 1.54) is 11.3 Å². The first-order valence-corrected chi connectivity index (χ1v) is 10.5. The monoisotopic (exact) mass is 377 g/mol. The molecule has 0 radical (unpaired) electrons. The van der Waals surface area contributed by atoms with Crippen molar-refractivity contribution >= 4 is 5.91 Å². The van der Waals surface area contributed by atoms with Gasteiger partial charge in [0.2, 0.25) is 0 Å². The van der Waals surface area contributed by atoms with E-state index in [0.717, 1.165) is 52.0 Å². The summed E-state index contributed by atoms with van der Waals surface area (Å²) >= 11 is 0. The first-order chi connectivity index (χ1) is 12.8. The minimum absolute atomic E-state index is 0.0280. The Kier molecular flexibility index (Phi) is 7.86. The number of nitrogens with zero attached hydrogens (tertiary/aromatic N) is 5. The van der Waals surface area contributed by atoms with Crippen molar-refractivity contribution in [2.75, 3.05) is 47.3 Å². The van der Waals surface area contributed by atoms with E-state index >= 15 is 0 Å². The van der Waals surface area contributed by atoms with Crippen molar-refractivity contribution in [1.82, 2.24) is 24.5 Å². The zero-order chi connectivity index (χ0) is 20.1. The maximum Gasteiger partial charge on any atom is 0.274 e. The Labute approximate surface area is 165 Å². The Bertz CT molecular complexity index is 618. The number of hydrogen-bond acceptors (Lipinski definition) is 4. The summed E-state index contributed by atoms with van der Waals surface area (Å²) in [5, 5.41) is 4.75. The summed E-state index contributed by atoms with van der Waals surface area (Å²) in [6, 6.07) is 0.485. The van der Waals surface area contributed by atoms with Gasteiger partial charge in [-0.05, 0) is 45.3 Å². The van der Waals surface area contributed by atoms with Gasteiger partial charge in [0.15, 0.2) is 5.69 Å². The second-order valence-corrected chi connectivity index (χ2v) is 8.45. The molecule has 1 unspecified atom stereocenters. The summed E-state index contributed by atoms with van der Waals surface area (Å²) in [4.78, 5) is 19.3. The molecule has 0 spiro atoms. The van der Waals surface area contributed by atoms with E-state index in [9.17, 15) is 4.79 Å². The highest BCUT2D eigenvalue weighted by molar-refractivity contribution is 5.93. The van der Waals surface area contributed by atoms with Crippen LogP contribution >= 0.6 is 0 Å². The average Bonchev–Trinajstić information content (AvgIpc) is 2.98. The molecule has 0 saturated carbocycles. The molecule has 1 amide bonds. The van der Waals surface area contributed by atoms with Crippen molar-refractivity contribution in [2.45, 2.75) is 59.5 Å². The molecule has 0 fully saturated rings. The highest BCUT2D eigenvalue weighted by Gasteiger charge is 2.31. The molecule has 1 aliphatic carbocycles. The number of carbonyl (C=O) groups is 1. The molecular weight excluding hydrogens is 338 g/mol. The number of amides is 1. The van der Waals surface area contributed by atoms with Crippen molar-refractivity contribution in [1.29, 1.82) is 0 Å². The van der Waals surface area contributed by atoms with Crippen LogP contribution in [0.2, 0.25) is 0 Å². The van der Waals surface area contributed by atoms with E-state index in [4.69, 9.17) is 5.10 Å². The van der Waals surface area contributed by atoms with Gasteiger partial charge < -0.3 is 14.7 Å². The number of hydrogen-bond donors (Lipinski definition) is 0. The molecule has 1 atom stereocenters. The van der Waals surface area contributed by atoms with Gasteiger partial charge in [-0.25, -0.2) is 0 Å². The Morgan fingerprint density at radius 3 is 2.41 bits per heavy atom. The average molecular weight is 378 g/mol. The highest BCUT2D eigenvalue weighted by Crippen LogP contribution is 2.28. The van der Waals surface area contributed by atoms with E-state index < -0.39 is 0 Å². The number of carbonyl (C=O) groups excluding carboxylic acids is 1. The van der Waals surface area contributed by atoms with Crippen molar-refractivity contribution in [2.24, 2.45) is 5.92 Å². The number of fused-ring (bicyclic) bond motifs is 1. The predicted molar refractivity (Wildman–Crippen MR) is 111 cm³/mol. The fraction of sp³-hybridized carbons (Fsp3) is 0.810. The molecule has 2 rings (SSSR count). The van der Waals surface area contributed by atoms with Crippen molar-refractivity contribution < 1.29 is 4.79 Å². The van der Waals surface area contributed by atoms with Crippen LogP contribution in [-0.4, -0.2) is 83.8 Å². The molecule has 6 nitrogen and oxygen atoms in total. The summed E-state index contributed by atoms with van der Waals surface area (Å²) in [6.45, 7) is 14.1. The fourth-order valence-corrected chi connectivity index (χ4v) is 3.95. The molecule has 0 saturated heterocycles. The van der Waals surface area contributed by atoms with Crippen LogP contribution in [0, 0.1) is 5.92 Å². The van der Waals surface area contributed by atoms with Gasteiger partial charge in [0.25, 0.3) is 5.91 Å². The Balaban J connectivity index is 2.18. The van der Waals surface area contributed by atoms with Gasteiger partial charge >= 0.3 is 0 Å². The van der Waals surface area contributed by atoms with Crippen LogP contribution < -0.4 is 0 Å². The molecule has 27 heavy (non-hydrogen) atoms. The van der Waals surface area contributed by atoms with Gasteiger partial charge in [-0.2, -0.15) is 5.10 Å². The van der Waals surface area contributed by atoms with Crippen LogP contribution in [0.3, 0.4) is 0 Å². The third-order valence-corrected chi connectivity index (χ3v) is 5.75. The molecule has 0 N–H and O–H groups in total. The maximum atomic E-state index is 12.7. The molecule has 1 aromatic heterocycles. The van der Waals surface area contributed by atoms with E-state index in [1.807, 2.05) is 14.1 Å². The van der Waals surface area contributed by atoms with E-state index in [1.54, 1.807) is 4.90 Å². The first kappa shape index (κ1) is 21.9. The van der Waals surface area contributed by atoms with Crippen LogP contribution in [0.1, 0.15) is 55.9 Å². The second kappa shape index (κ2) is 9.69. The zero-order valence-electron chi connectivity index (χ0n) is 18.5. The summed E-state index contributed by atoms with van der Waals surface area (Å²) < 4.78 is 2.10. The minimum atomic E-state index is 0.0280. The van der Waals surface area contributed by atoms with Gasteiger partial charge in [0, 0.05) is 51.0 Å². The summed E-state index contributed by atoms with van der Waals surface area (Å²) in [5.74, 6) is 0.547. The fourth-order valence-electron chi connectivity index (χ4n) is 3.95. The third kappa shape index (κ3) is 5.32. The molecule has 154 valence electrons. The van der Waals surface area contributed by atoms with Gasteiger partial charge in [0.05, 0.1) is 0 Å². The number of likely N-dealkylation sites (N-methyl/N-ethyl adjacent to an activating group) is 2. The summed E-state index contributed by atoms with van der Waals surface area (Å²) in [6.07, 6.45) is 3.08. The molecular formula is C21H39N5O. The lowest BCUT2D eigenvalue weighted by Gasteiger charge is -2.33. The molecule has 0 aromatic carbocycles. The van der Waals surface area contributed by atoms with E-state index in [-0.39, 0.29) is 5.91 Å². The smallest absolute Gasteiger partial charge is 0.274 e. The molecule has 1 heterocycles. The van der Waals surface area contributed by atoms with Crippen LogP contribution in [0.25, 0.3) is 0 Å². The predicted octanol–water partition coefficient (Wildman–Crippen LogP) is 2.37. The molecule has 6 heteroatoms. The van der Waals surface area contributed by atoms with Crippen molar-refractivity contribution in [3.05, 3.63) is 17.0 Å². The van der Waals surface area contributed by atoms with Crippen molar-refractivity contribution in [3.8, 4) is 0 Å². The molecule has 0 bridgehead atoms. The quantitative estimate of drug-likeness (QED) is 0.663. The lowest BCUT2D eigenvalue weighted by Crippen LogP contribution is -2.41. The van der Waals surface area contributed by atoms with Gasteiger partial charge in [-0.3, -0.25) is 9.48 Å². The SMILES string of the molecule is CCN(CC)CCN(C)C1CCc2c(c(C(=O)N(C)C)nn2CC(C)C)C1. The minimum Gasteiger partial charge on any atom is -0.343 e. The molecule has 1 aromatic rings. The topological polar surface area (TPSA) is 44.6 Å². The normalized spacial score (nSPS) is 17.0. The van der Waals surface area contributed by atoms with Crippen LogP contribution in [0.15, 0.2) is 0 Å². The van der Waals surface area contributed by atoms with Crippen LogP contribution in [0.5, 0.6) is 0 Å². The first-order valence-electron chi connectivity index (χ1n) is 10.5. The largest absolute Gasteiger partial charge is 0.343 e. The maximum absolute atomic E-state index is 12.7. The molecule has 1 aliphatic rings. The third-order valence-electron chi connectivity index (χ3n) is 5.75. The van der Waals surface area contributed by atoms with Gasteiger partial charge in [-0.1, -0.05) is 27.7 Å². The van der Waals surface area contributed by atoms with E-state index in [0.29, 0.717) is 17.7 Å². The lowest BCUT2D eigenvalue weighted by molar-refractivity contribution is 0.0819. The standard InChI is InChI=1S/C21H39N5O/c1-8-25(9-2)13-12-24(7)17-10-11-19-18(14-17)20(21(27)23(5)6)22-26(19)15-16(3)4/h16-17H,8-15H2,1-7H3. The second-order valence-electron chi connectivity index (χ2n) is 8.45. The van der Waals surface area contributed by atoms with Crippen LogP contribution in [0.4, 0.5) is 0 Å². The lowest BCUT2D eigenvalue weighted by atomic mass is 9.90. The highest BCUT2D eigenvalue weighted by atomic mass is 16.2. The Hall–Kier alpha value is -1.40. The van der Waals surface area contributed by atoms with E-state index in [2.05, 4.69) is 49.2 Å². The Morgan fingerprint density at radius 2 is 1.85 bits per heavy atom. The zero-order valence-corrected chi connectivity index (χ0v) is 18.5.